The van der Waals surface area contributed by atoms with Crippen LogP contribution in [0, 0.1) is 5.92 Å². The Kier molecular flexibility index (Phi) is 7.58. The SMILES string of the molecule is COc1ccc(CCC(OC2OC(C(=O)O)C(O)C(O)C2O)C(C)C)cc1. The first-order valence-corrected chi connectivity index (χ1v) is 8.95. The lowest BCUT2D eigenvalue weighted by atomic mass is 9.97. The van der Waals surface area contributed by atoms with Crippen LogP contribution >= 0.6 is 0 Å². The van der Waals surface area contributed by atoms with E-state index in [1.807, 2.05) is 38.1 Å². The number of methoxy groups -OCH3 is 1. The number of carboxylic acids is 1. The van der Waals surface area contributed by atoms with Crippen molar-refractivity contribution in [1.82, 2.24) is 0 Å². The molecule has 0 aliphatic carbocycles. The number of carboxylic acid groups (broad SMARTS) is 1. The van der Waals surface area contributed by atoms with Crippen LogP contribution in [0.15, 0.2) is 24.3 Å². The Labute approximate surface area is 158 Å². The number of aryl methyl sites for hydroxylation is 1. The lowest BCUT2D eigenvalue weighted by Gasteiger charge is -2.40. The molecule has 1 aromatic carbocycles. The van der Waals surface area contributed by atoms with Crippen LogP contribution in [0.5, 0.6) is 5.75 Å². The van der Waals surface area contributed by atoms with E-state index < -0.39 is 36.7 Å². The van der Waals surface area contributed by atoms with Crippen LogP contribution in [0.4, 0.5) is 0 Å². The van der Waals surface area contributed by atoms with Gasteiger partial charge in [0.15, 0.2) is 12.4 Å². The van der Waals surface area contributed by atoms with Gasteiger partial charge >= 0.3 is 5.97 Å². The average Bonchev–Trinajstić information content (AvgIpc) is 2.64. The first kappa shape index (κ1) is 21.6. The van der Waals surface area contributed by atoms with E-state index in [9.17, 15) is 20.1 Å². The first-order chi connectivity index (χ1) is 12.7. The monoisotopic (exact) mass is 384 g/mol. The van der Waals surface area contributed by atoms with Crippen LogP contribution in [0.3, 0.4) is 0 Å². The molecule has 0 saturated carbocycles. The van der Waals surface area contributed by atoms with Gasteiger partial charge in [0.25, 0.3) is 0 Å². The van der Waals surface area contributed by atoms with Crippen molar-refractivity contribution in [2.24, 2.45) is 5.92 Å². The summed E-state index contributed by atoms with van der Waals surface area (Å²) >= 11 is 0. The summed E-state index contributed by atoms with van der Waals surface area (Å²) in [4.78, 5) is 11.2. The zero-order chi connectivity index (χ0) is 20.1. The maximum absolute atomic E-state index is 11.2. The second-order valence-corrected chi connectivity index (χ2v) is 7.04. The number of aliphatic hydroxyl groups is 3. The largest absolute Gasteiger partial charge is 0.497 e. The molecule has 2 rings (SSSR count). The van der Waals surface area contributed by atoms with Crippen LogP contribution in [-0.2, 0) is 20.7 Å². The maximum Gasteiger partial charge on any atom is 0.335 e. The van der Waals surface area contributed by atoms with Gasteiger partial charge in [-0.2, -0.15) is 0 Å². The molecule has 6 atom stereocenters. The summed E-state index contributed by atoms with van der Waals surface area (Å²) in [5.41, 5.74) is 1.08. The van der Waals surface area contributed by atoms with Crippen molar-refractivity contribution in [3.8, 4) is 5.75 Å². The van der Waals surface area contributed by atoms with Crippen LogP contribution < -0.4 is 4.74 Å². The fraction of sp³-hybridized carbons (Fsp3) is 0.632. The molecule has 4 N–H and O–H groups in total. The topological polar surface area (TPSA) is 126 Å². The fourth-order valence-corrected chi connectivity index (χ4v) is 3.00. The third-order valence-corrected chi connectivity index (χ3v) is 4.74. The number of hydrogen-bond donors (Lipinski definition) is 4. The van der Waals surface area contributed by atoms with Gasteiger partial charge in [0.05, 0.1) is 13.2 Å². The number of rotatable bonds is 8. The number of hydrogen-bond acceptors (Lipinski definition) is 7. The molecule has 1 saturated heterocycles. The molecule has 1 fully saturated rings. The highest BCUT2D eigenvalue weighted by Gasteiger charge is 2.48. The van der Waals surface area contributed by atoms with E-state index in [0.29, 0.717) is 12.8 Å². The minimum Gasteiger partial charge on any atom is -0.497 e. The van der Waals surface area contributed by atoms with Gasteiger partial charge < -0.3 is 34.6 Å². The van der Waals surface area contributed by atoms with Crippen molar-refractivity contribution < 1.29 is 39.4 Å². The number of aliphatic hydroxyl groups excluding tert-OH is 3. The van der Waals surface area contributed by atoms with Crippen LogP contribution in [0.2, 0.25) is 0 Å². The first-order valence-electron chi connectivity index (χ1n) is 8.95. The van der Waals surface area contributed by atoms with Crippen LogP contribution in [0.1, 0.15) is 25.8 Å². The van der Waals surface area contributed by atoms with E-state index in [1.165, 1.54) is 0 Å². The van der Waals surface area contributed by atoms with E-state index in [-0.39, 0.29) is 12.0 Å². The highest BCUT2D eigenvalue weighted by Crippen LogP contribution is 2.26. The van der Waals surface area contributed by atoms with Crippen molar-refractivity contribution in [3.05, 3.63) is 29.8 Å². The Morgan fingerprint density at radius 1 is 1.11 bits per heavy atom. The number of benzene rings is 1. The molecule has 0 bridgehead atoms. The van der Waals surface area contributed by atoms with Crippen molar-refractivity contribution in [1.29, 1.82) is 0 Å². The standard InChI is InChI=1S/C19H28O8/c1-10(2)13(9-6-11-4-7-12(25-3)8-5-11)26-19-16(22)14(20)15(21)17(27-19)18(23)24/h4-5,7-8,10,13-17,19-22H,6,9H2,1-3H3,(H,23,24). The summed E-state index contributed by atoms with van der Waals surface area (Å²) in [5.74, 6) is -0.603. The highest BCUT2D eigenvalue weighted by atomic mass is 16.7. The van der Waals surface area contributed by atoms with Crippen LogP contribution in [-0.4, -0.2) is 70.3 Å². The van der Waals surface area contributed by atoms with Gasteiger partial charge in [-0.3, -0.25) is 0 Å². The van der Waals surface area contributed by atoms with Gasteiger partial charge in [-0.1, -0.05) is 26.0 Å². The Bertz CT molecular complexity index is 602. The molecule has 1 aliphatic rings. The Morgan fingerprint density at radius 3 is 2.26 bits per heavy atom. The molecular weight excluding hydrogens is 356 g/mol. The number of aliphatic carboxylic acids is 1. The molecular formula is C19H28O8. The molecule has 1 aliphatic heterocycles. The normalized spacial score (nSPS) is 29.5. The Hall–Kier alpha value is -1.71. The Morgan fingerprint density at radius 2 is 1.74 bits per heavy atom. The fourth-order valence-electron chi connectivity index (χ4n) is 3.00. The molecule has 1 aromatic rings. The molecule has 0 amide bonds. The minimum atomic E-state index is -1.73. The summed E-state index contributed by atoms with van der Waals surface area (Å²) in [6.07, 6.45) is -6.98. The van der Waals surface area contributed by atoms with E-state index >= 15 is 0 Å². The third-order valence-electron chi connectivity index (χ3n) is 4.74. The highest BCUT2D eigenvalue weighted by molar-refractivity contribution is 5.73. The van der Waals surface area contributed by atoms with Gasteiger partial charge in [-0.15, -0.1) is 0 Å². The maximum atomic E-state index is 11.2. The molecule has 0 aromatic heterocycles. The molecule has 8 nitrogen and oxygen atoms in total. The quantitative estimate of drug-likeness (QED) is 0.512. The van der Waals surface area contributed by atoms with Gasteiger partial charge in [0.2, 0.25) is 0 Å². The van der Waals surface area contributed by atoms with Gasteiger partial charge in [-0.25, -0.2) is 4.79 Å². The molecule has 0 spiro atoms. The van der Waals surface area contributed by atoms with Gasteiger partial charge in [0.1, 0.15) is 24.1 Å². The van der Waals surface area contributed by atoms with Crippen LogP contribution in [0.25, 0.3) is 0 Å². The summed E-state index contributed by atoms with van der Waals surface area (Å²) in [5, 5.41) is 38.9. The second-order valence-electron chi connectivity index (χ2n) is 7.04. The third kappa shape index (κ3) is 5.40. The summed E-state index contributed by atoms with van der Waals surface area (Å²) in [7, 11) is 1.60. The lowest BCUT2D eigenvalue weighted by Crippen LogP contribution is -2.61. The van der Waals surface area contributed by atoms with E-state index in [4.69, 9.17) is 19.3 Å². The smallest absolute Gasteiger partial charge is 0.335 e. The number of ether oxygens (including phenoxy) is 3. The van der Waals surface area contributed by atoms with E-state index in [2.05, 4.69) is 0 Å². The van der Waals surface area contributed by atoms with Crippen molar-refractivity contribution in [2.75, 3.05) is 7.11 Å². The minimum absolute atomic E-state index is 0.0614. The number of carbonyl (C=O) groups is 1. The zero-order valence-electron chi connectivity index (χ0n) is 15.7. The molecule has 1 heterocycles. The average molecular weight is 384 g/mol. The Balaban J connectivity index is 2.02. The van der Waals surface area contributed by atoms with Crippen molar-refractivity contribution in [3.63, 3.8) is 0 Å². The molecule has 8 heteroatoms. The summed E-state index contributed by atoms with van der Waals surface area (Å²) < 4.78 is 16.1. The van der Waals surface area contributed by atoms with Crippen molar-refractivity contribution >= 4 is 5.97 Å². The predicted molar refractivity (Wildman–Crippen MR) is 95.3 cm³/mol. The van der Waals surface area contributed by atoms with Gasteiger partial charge in [0, 0.05) is 0 Å². The predicted octanol–water partition coefficient (Wildman–Crippen LogP) is 0.561. The molecule has 6 unspecified atom stereocenters. The van der Waals surface area contributed by atoms with Gasteiger partial charge in [-0.05, 0) is 36.5 Å². The zero-order valence-corrected chi connectivity index (χ0v) is 15.7. The van der Waals surface area contributed by atoms with E-state index in [0.717, 1.165) is 11.3 Å². The lowest BCUT2D eigenvalue weighted by molar-refractivity contribution is -0.307. The second kappa shape index (κ2) is 9.48. The van der Waals surface area contributed by atoms with E-state index in [1.54, 1.807) is 7.11 Å². The molecule has 0 radical (unpaired) electrons. The summed E-state index contributed by atoms with van der Waals surface area (Å²) in [6.45, 7) is 3.88. The molecule has 27 heavy (non-hydrogen) atoms. The molecule has 152 valence electrons. The summed E-state index contributed by atoms with van der Waals surface area (Å²) in [6, 6.07) is 7.62. The van der Waals surface area contributed by atoms with Crippen molar-refractivity contribution in [2.45, 2.75) is 63.5 Å².